The minimum atomic E-state index is 0.720. The first-order valence-corrected chi connectivity index (χ1v) is 5.10. The molecule has 1 aliphatic heterocycles. The molecule has 0 spiro atoms. The summed E-state index contributed by atoms with van der Waals surface area (Å²) >= 11 is 0. The van der Waals surface area contributed by atoms with Gasteiger partial charge in [0.1, 0.15) is 0 Å². The molecule has 0 aromatic rings. The van der Waals surface area contributed by atoms with Crippen LogP contribution in [-0.4, -0.2) is 37.6 Å². The molecule has 72 valence electrons. The minimum absolute atomic E-state index is 0.720. The van der Waals surface area contributed by atoms with Crippen LogP contribution in [0, 0.1) is 5.92 Å². The van der Waals surface area contributed by atoms with Crippen molar-refractivity contribution in [1.29, 1.82) is 0 Å². The summed E-state index contributed by atoms with van der Waals surface area (Å²) in [5.41, 5.74) is 0. The monoisotopic (exact) mass is 170 g/mol. The Morgan fingerprint density at radius 1 is 1.50 bits per heavy atom. The molecular formula is C10H22N2. The average molecular weight is 170 g/mol. The molecule has 0 amide bonds. The molecule has 0 aromatic heterocycles. The molecule has 2 heteroatoms. The fraction of sp³-hybridized carbons (Fsp3) is 1.00. The zero-order valence-electron chi connectivity index (χ0n) is 8.64. The SMILES string of the molecule is CC(C)C[C@@H]1CN(C)CCCN1. The number of likely N-dealkylation sites (N-methyl/N-ethyl adjacent to an activating group) is 1. The molecule has 1 fully saturated rings. The molecule has 0 unspecified atom stereocenters. The fourth-order valence-corrected chi connectivity index (χ4v) is 1.91. The zero-order valence-corrected chi connectivity index (χ0v) is 8.64. The van der Waals surface area contributed by atoms with E-state index in [1.54, 1.807) is 0 Å². The lowest BCUT2D eigenvalue weighted by Crippen LogP contribution is -2.37. The number of nitrogens with zero attached hydrogens (tertiary/aromatic N) is 1. The molecule has 1 atom stereocenters. The van der Waals surface area contributed by atoms with Crippen LogP contribution in [0.3, 0.4) is 0 Å². The highest BCUT2D eigenvalue weighted by molar-refractivity contribution is 4.75. The summed E-state index contributed by atoms with van der Waals surface area (Å²) in [7, 11) is 2.22. The Morgan fingerprint density at radius 3 is 2.92 bits per heavy atom. The predicted molar refractivity (Wildman–Crippen MR) is 53.4 cm³/mol. The first-order chi connectivity index (χ1) is 5.68. The summed E-state index contributed by atoms with van der Waals surface area (Å²) < 4.78 is 0. The molecule has 1 rings (SSSR count). The van der Waals surface area contributed by atoms with E-state index in [1.165, 1.54) is 32.5 Å². The molecule has 0 aromatic carbocycles. The van der Waals surface area contributed by atoms with E-state index in [1.807, 2.05) is 0 Å². The number of rotatable bonds is 2. The molecule has 0 bridgehead atoms. The van der Waals surface area contributed by atoms with E-state index in [-0.39, 0.29) is 0 Å². The topological polar surface area (TPSA) is 15.3 Å². The van der Waals surface area contributed by atoms with Crippen LogP contribution in [0.4, 0.5) is 0 Å². The van der Waals surface area contributed by atoms with Crippen LogP contribution in [0.1, 0.15) is 26.7 Å². The van der Waals surface area contributed by atoms with Crippen LogP contribution in [0.5, 0.6) is 0 Å². The number of nitrogens with one attached hydrogen (secondary N) is 1. The van der Waals surface area contributed by atoms with Gasteiger partial charge in [-0.3, -0.25) is 0 Å². The third kappa shape index (κ3) is 3.55. The van der Waals surface area contributed by atoms with Gasteiger partial charge in [0.05, 0.1) is 0 Å². The molecule has 2 nitrogen and oxygen atoms in total. The highest BCUT2D eigenvalue weighted by Gasteiger charge is 2.15. The molecule has 1 saturated heterocycles. The summed E-state index contributed by atoms with van der Waals surface area (Å²) in [5, 5.41) is 3.60. The Morgan fingerprint density at radius 2 is 2.25 bits per heavy atom. The van der Waals surface area contributed by atoms with Crippen molar-refractivity contribution in [3.8, 4) is 0 Å². The molecular weight excluding hydrogens is 148 g/mol. The second-order valence-corrected chi connectivity index (χ2v) is 4.40. The Bertz CT molecular complexity index is 123. The van der Waals surface area contributed by atoms with E-state index in [4.69, 9.17) is 0 Å². The van der Waals surface area contributed by atoms with Gasteiger partial charge in [0, 0.05) is 12.6 Å². The maximum atomic E-state index is 3.60. The largest absolute Gasteiger partial charge is 0.313 e. The van der Waals surface area contributed by atoms with Gasteiger partial charge in [-0.25, -0.2) is 0 Å². The fourth-order valence-electron chi connectivity index (χ4n) is 1.91. The van der Waals surface area contributed by atoms with E-state index >= 15 is 0 Å². The Labute approximate surface area is 76.3 Å². The van der Waals surface area contributed by atoms with Crippen molar-refractivity contribution in [2.45, 2.75) is 32.7 Å². The second-order valence-electron chi connectivity index (χ2n) is 4.40. The van der Waals surface area contributed by atoms with Crippen LogP contribution < -0.4 is 5.32 Å². The average Bonchev–Trinajstić information content (AvgIpc) is 2.12. The van der Waals surface area contributed by atoms with Crippen molar-refractivity contribution >= 4 is 0 Å². The van der Waals surface area contributed by atoms with Crippen LogP contribution >= 0.6 is 0 Å². The van der Waals surface area contributed by atoms with E-state index in [0.717, 1.165) is 12.0 Å². The normalized spacial score (nSPS) is 27.5. The summed E-state index contributed by atoms with van der Waals surface area (Å²) in [4.78, 5) is 2.44. The minimum Gasteiger partial charge on any atom is -0.313 e. The molecule has 12 heavy (non-hydrogen) atoms. The standard InChI is InChI=1S/C10H22N2/c1-9(2)7-10-8-12(3)6-4-5-11-10/h9-11H,4-8H2,1-3H3/t10-/m1/s1. The van der Waals surface area contributed by atoms with Crippen molar-refractivity contribution < 1.29 is 0 Å². The highest BCUT2D eigenvalue weighted by atomic mass is 15.1. The molecule has 0 saturated carbocycles. The van der Waals surface area contributed by atoms with Crippen LogP contribution in [0.25, 0.3) is 0 Å². The molecule has 1 N–H and O–H groups in total. The van der Waals surface area contributed by atoms with Gasteiger partial charge in [0.25, 0.3) is 0 Å². The van der Waals surface area contributed by atoms with Gasteiger partial charge in [-0.2, -0.15) is 0 Å². The summed E-state index contributed by atoms with van der Waals surface area (Å²) in [5.74, 6) is 0.814. The second kappa shape index (κ2) is 4.83. The lowest BCUT2D eigenvalue weighted by atomic mass is 10.0. The van der Waals surface area contributed by atoms with Gasteiger partial charge in [-0.05, 0) is 38.9 Å². The molecule has 0 radical (unpaired) electrons. The van der Waals surface area contributed by atoms with Crippen LogP contribution in [-0.2, 0) is 0 Å². The van der Waals surface area contributed by atoms with E-state index in [2.05, 4.69) is 31.1 Å². The van der Waals surface area contributed by atoms with Gasteiger partial charge in [0.15, 0.2) is 0 Å². The van der Waals surface area contributed by atoms with Crippen molar-refractivity contribution in [1.82, 2.24) is 10.2 Å². The lowest BCUT2D eigenvalue weighted by molar-refractivity contribution is 0.303. The van der Waals surface area contributed by atoms with Gasteiger partial charge in [0.2, 0.25) is 0 Å². The quantitative estimate of drug-likeness (QED) is 0.672. The maximum Gasteiger partial charge on any atom is 0.0197 e. The van der Waals surface area contributed by atoms with Gasteiger partial charge >= 0.3 is 0 Å². The molecule has 0 aliphatic carbocycles. The van der Waals surface area contributed by atoms with Crippen molar-refractivity contribution in [3.63, 3.8) is 0 Å². The van der Waals surface area contributed by atoms with Crippen molar-refractivity contribution in [2.75, 3.05) is 26.7 Å². The zero-order chi connectivity index (χ0) is 8.97. The maximum absolute atomic E-state index is 3.60. The smallest absolute Gasteiger partial charge is 0.0197 e. The van der Waals surface area contributed by atoms with Gasteiger partial charge in [-0.1, -0.05) is 13.8 Å². The molecule has 1 heterocycles. The van der Waals surface area contributed by atoms with Crippen LogP contribution in [0.2, 0.25) is 0 Å². The van der Waals surface area contributed by atoms with Crippen LogP contribution in [0.15, 0.2) is 0 Å². The summed E-state index contributed by atoms with van der Waals surface area (Å²) in [6, 6.07) is 0.720. The Balaban J connectivity index is 2.31. The third-order valence-electron chi connectivity index (χ3n) is 2.44. The number of hydrogen-bond donors (Lipinski definition) is 1. The summed E-state index contributed by atoms with van der Waals surface area (Å²) in [6.45, 7) is 8.26. The lowest BCUT2D eigenvalue weighted by Gasteiger charge is -2.21. The van der Waals surface area contributed by atoms with E-state index < -0.39 is 0 Å². The van der Waals surface area contributed by atoms with Crippen molar-refractivity contribution in [2.24, 2.45) is 5.92 Å². The van der Waals surface area contributed by atoms with E-state index in [0.29, 0.717) is 0 Å². The van der Waals surface area contributed by atoms with E-state index in [9.17, 15) is 0 Å². The summed E-state index contributed by atoms with van der Waals surface area (Å²) in [6.07, 6.45) is 2.61. The Hall–Kier alpha value is -0.0800. The Kier molecular flexibility index (Phi) is 4.02. The number of hydrogen-bond acceptors (Lipinski definition) is 2. The molecule has 1 aliphatic rings. The first-order valence-electron chi connectivity index (χ1n) is 5.10. The third-order valence-corrected chi connectivity index (χ3v) is 2.44. The highest BCUT2D eigenvalue weighted by Crippen LogP contribution is 2.08. The van der Waals surface area contributed by atoms with Crippen molar-refractivity contribution in [3.05, 3.63) is 0 Å². The van der Waals surface area contributed by atoms with Gasteiger partial charge in [-0.15, -0.1) is 0 Å². The van der Waals surface area contributed by atoms with Gasteiger partial charge < -0.3 is 10.2 Å². The first kappa shape index (κ1) is 10.0. The predicted octanol–water partition coefficient (Wildman–Crippen LogP) is 1.33.